The zero-order valence-electron chi connectivity index (χ0n) is 16.1. The first kappa shape index (κ1) is 21.1. The molecule has 0 saturated carbocycles. The van der Waals surface area contributed by atoms with Gasteiger partial charge in [-0.3, -0.25) is 24.3 Å². The number of hydrogen-bond acceptors (Lipinski definition) is 5. The maximum atomic E-state index is 12.7. The van der Waals surface area contributed by atoms with E-state index in [4.69, 9.17) is 4.74 Å². The molecule has 3 rings (SSSR count). The Morgan fingerprint density at radius 2 is 1.97 bits per heavy atom. The molecular weight excluding hydrogens is 438 g/mol. The van der Waals surface area contributed by atoms with Crippen molar-refractivity contribution in [3.63, 3.8) is 0 Å². The number of carbonyl (C=O) groups excluding carboxylic acids is 3. The number of benzene rings is 1. The standard InChI is InChI=1S/C21H22BrN3O4/c1-29-12-11-24(14-16-5-2-3-9-23-16)19(26)6-4-10-25-20(27)17-8-7-15(22)13-18(17)21(25)28/h2-3,5,7-9,13H,4,6,10-12,14H2,1H3. The summed E-state index contributed by atoms with van der Waals surface area (Å²) >= 11 is 3.32. The fraction of sp³-hybridized carbons (Fsp3) is 0.333. The smallest absolute Gasteiger partial charge is 0.261 e. The van der Waals surface area contributed by atoms with Crippen LogP contribution in [-0.2, 0) is 16.1 Å². The molecule has 0 N–H and O–H groups in total. The van der Waals surface area contributed by atoms with Gasteiger partial charge in [-0.1, -0.05) is 22.0 Å². The summed E-state index contributed by atoms with van der Waals surface area (Å²) in [5.41, 5.74) is 1.59. The van der Waals surface area contributed by atoms with Crippen LogP contribution in [0.5, 0.6) is 0 Å². The molecule has 1 aliphatic rings. The fourth-order valence-electron chi connectivity index (χ4n) is 3.19. The monoisotopic (exact) mass is 459 g/mol. The summed E-state index contributed by atoms with van der Waals surface area (Å²) < 4.78 is 5.85. The molecule has 8 heteroatoms. The van der Waals surface area contributed by atoms with Crippen LogP contribution in [0.1, 0.15) is 39.3 Å². The van der Waals surface area contributed by atoms with Crippen LogP contribution in [0.25, 0.3) is 0 Å². The molecule has 0 fully saturated rings. The summed E-state index contributed by atoms with van der Waals surface area (Å²) in [6.07, 6.45) is 2.32. The molecule has 2 aromatic rings. The van der Waals surface area contributed by atoms with E-state index in [2.05, 4.69) is 20.9 Å². The van der Waals surface area contributed by atoms with Crippen LogP contribution in [-0.4, -0.2) is 59.3 Å². The highest BCUT2D eigenvalue weighted by Crippen LogP contribution is 2.26. The Morgan fingerprint density at radius 3 is 2.69 bits per heavy atom. The third kappa shape index (κ3) is 5.07. The molecule has 2 heterocycles. The fourth-order valence-corrected chi connectivity index (χ4v) is 3.55. The quantitative estimate of drug-likeness (QED) is 0.538. The van der Waals surface area contributed by atoms with Crippen LogP contribution >= 0.6 is 15.9 Å². The number of pyridine rings is 1. The van der Waals surface area contributed by atoms with Crippen molar-refractivity contribution in [1.82, 2.24) is 14.8 Å². The van der Waals surface area contributed by atoms with Crippen LogP contribution in [0.15, 0.2) is 47.1 Å². The lowest BCUT2D eigenvalue weighted by Gasteiger charge is -2.22. The number of aromatic nitrogens is 1. The number of rotatable bonds is 9. The number of halogens is 1. The minimum absolute atomic E-state index is 0.0629. The highest BCUT2D eigenvalue weighted by atomic mass is 79.9. The molecule has 0 unspecified atom stereocenters. The molecule has 7 nitrogen and oxygen atoms in total. The van der Waals surface area contributed by atoms with Gasteiger partial charge in [-0.2, -0.15) is 0 Å². The third-order valence-electron chi connectivity index (χ3n) is 4.70. The largest absolute Gasteiger partial charge is 0.383 e. The minimum atomic E-state index is -0.316. The van der Waals surface area contributed by atoms with Crippen molar-refractivity contribution in [3.8, 4) is 0 Å². The van der Waals surface area contributed by atoms with Crippen LogP contribution in [0.3, 0.4) is 0 Å². The van der Waals surface area contributed by atoms with Crippen molar-refractivity contribution in [2.24, 2.45) is 0 Å². The van der Waals surface area contributed by atoms with Gasteiger partial charge in [0.15, 0.2) is 0 Å². The molecule has 0 radical (unpaired) electrons. The van der Waals surface area contributed by atoms with E-state index in [9.17, 15) is 14.4 Å². The van der Waals surface area contributed by atoms with E-state index < -0.39 is 0 Å². The van der Waals surface area contributed by atoms with Crippen molar-refractivity contribution >= 4 is 33.7 Å². The predicted molar refractivity (Wildman–Crippen MR) is 110 cm³/mol. The van der Waals surface area contributed by atoms with Crippen molar-refractivity contribution < 1.29 is 19.1 Å². The first-order valence-corrected chi connectivity index (χ1v) is 10.1. The SMILES string of the molecule is COCCN(Cc1ccccn1)C(=O)CCCN1C(=O)c2ccc(Br)cc2C1=O. The molecule has 29 heavy (non-hydrogen) atoms. The van der Waals surface area contributed by atoms with Crippen molar-refractivity contribution in [2.45, 2.75) is 19.4 Å². The maximum absolute atomic E-state index is 12.7. The summed E-state index contributed by atoms with van der Waals surface area (Å²) in [7, 11) is 1.59. The Morgan fingerprint density at radius 1 is 1.17 bits per heavy atom. The first-order chi connectivity index (χ1) is 14.0. The molecule has 3 amide bonds. The molecule has 0 bridgehead atoms. The second kappa shape index (κ2) is 9.76. The zero-order valence-corrected chi connectivity index (χ0v) is 17.7. The van der Waals surface area contributed by atoms with E-state index in [1.165, 1.54) is 4.90 Å². The number of hydrogen-bond donors (Lipinski definition) is 0. The summed E-state index contributed by atoms with van der Waals surface area (Å²) in [4.78, 5) is 44.9. The van der Waals surface area contributed by atoms with Gasteiger partial charge in [0, 0.05) is 37.3 Å². The van der Waals surface area contributed by atoms with Gasteiger partial charge in [-0.25, -0.2) is 0 Å². The first-order valence-electron chi connectivity index (χ1n) is 9.33. The Kier molecular flexibility index (Phi) is 7.11. The van der Waals surface area contributed by atoms with E-state index in [-0.39, 0.29) is 30.7 Å². The van der Waals surface area contributed by atoms with Crippen LogP contribution in [0.4, 0.5) is 0 Å². The number of ether oxygens (including phenoxy) is 1. The minimum Gasteiger partial charge on any atom is -0.383 e. The van der Waals surface area contributed by atoms with E-state index in [1.807, 2.05) is 18.2 Å². The van der Waals surface area contributed by atoms with Gasteiger partial charge in [-0.15, -0.1) is 0 Å². The van der Waals surface area contributed by atoms with E-state index >= 15 is 0 Å². The highest BCUT2D eigenvalue weighted by molar-refractivity contribution is 9.10. The summed E-state index contributed by atoms with van der Waals surface area (Å²) in [5.74, 6) is -0.690. The van der Waals surface area contributed by atoms with Crippen LogP contribution < -0.4 is 0 Å². The maximum Gasteiger partial charge on any atom is 0.261 e. The van der Waals surface area contributed by atoms with Crippen LogP contribution in [0, 0.1) is 0 Å². The van der Waals surface area contributed by atoms with Gasteiger partial charge in [-0.05, 0) is 36.8 Å². The molecule has 1 aromatic heterocycles. The van der Waals surface area contributed by atoms with Gasteiger partial charge >= 0.3 is 0 Å². The second-order valence-corrected chi connectivity index (χ2v) is 7.60. The number of imide groups is 1. The molecule has 152 valence electrons. The van der Waals surface area contributed by atoms with Gasteiger partial charge in [0.25, 0.3) is 11.8 Å². The molecule has 1 aliphatic heterocycles. The number of nitrogens with zero attached hydrogens (tertiary/aromatic N) is 3. The molecule has 0 aliphatic carbocycles. The topological polar surface area (TPSA) is 79.8 Å². The van der Waals surface area contributed by atoms with Crippen molar-refractivity contribution in [3.05, 3.63) is 63.9 Å². The summed E-state index contributed by atoms with van der Waals surface area (Å²) in [5, 5.41) is 0. The third-order valence-corrected chi connectivity index (χ3v) is 5.20. The lowest BCUT2D eigenvalue weighted by molar-refractivity contribution is -0.132. The van der Waals surface area contributed by atoms with Crippen molar-refractivity contribution in [1.29, 1.82) is 0 Å². The summed E-state index contributed by atoms with van der Waals surface area (Å²) in [6, 6.07) is 10.6. The number of amides is 3. The highest BCUT2D eigenvalue weighted by Gasteiger charge is 2.35. The van der Waals surface area contributed by atoms with Gasteiger partial charge in [0.2, 0.25) is 5.91 Å². The Hall–Kier alpha value is -2.58. The molecule has 1 aromatic carbocycles. The van der Waals surface area contributed by atoms with E-state index in [0.29, 0.717) is 37.2 Å². The zero-order chi connectivity index (χ0) is 20.8. The Bertz CT molecular complexity index is 904. The lowest BCUT2D eigenvalue weighted by Crippen LogP contribution is -2.35. The Balaban J connectivity index is 1.57. The number of fused-ring (bicyclic) bond motifs is 1. The predicted octanol–water partition coefficient (Wildman–Crippen LogP) is 2.90. The lowest BCUT2D eigenvalue weighted by atomic mass is 10.1. The normalized spacial score (nSPS) is 13.0. The number of methoxy groups -OCH3 is 1. The van der Waals surface area contributed by atoms with Gasteiger partial charge < -0.3 is 9.64 Å². The average Bonchev–Trinajstić information content (AvgIpc) is 2.96. The average molecular weight is 460 g/mol. The number of carbonyl (C=O) groups is 3. The van der Waals surface area contributed by atoms with Gasteiger partial charge in [0.1, 0.15) is 0 Å². The van der Waals surface area contributed by atoms with Crippen molar-refractivity contribution in [2.75, 3.05) is 26.8 Å². The second-order valence-electron chi connectivity index (χ2n) is 6.68. The summed E-state index contributed by atoms with van der Waals surface area (Å²) in [6.45, 7) is 1.47. The molecule has 0 atom stereocenters. The molecule has 0 saturated heterocycles. The molecular formula is C21H22BrN3O4. The van der Waals surface area contributed by atoms with Crippen LogP contribution in [0.2, 0.25) is 0 Å². The van der Waals surface area contributed by atoms with E-state index in [1.54, 1.807) is 36.4 Å². The van der Waals surface area contributed by atoms with Gasteiger partial charge in [0.05, 0.1) is 30.0 Å². The van der Waals surface area contributed by atoms with E-state index in [0.717, 1.165) is 10.2 Å². The molecule has 0 spiro atoms. The Labute approximate surface area is 177 Å².